The molecule has 1 aromatic rings. The van der Waals surface area contributed by atoms with Crippen LogP contribution in [0.15, 0.2) is 24.3 Å². The van der Waals surface area contributed by atoms with E-state index in [2.05, 4.69) is 24.1 Å². The molecule has 148 valence electrons. The van der Waals surface area contributed by atoms with Crippen molar-refractivity contribution in [2.75, 3.05) is 51.1 Å². The fourth-order valence-corrected chi connectivity index (χ4v) is 4.11. The summed E-state index contributed by atoms with van der Waals surface area (Å²) in [6.45, 7) is 11.5. The molecule has 0 spiro atoms. The number of piperidine rings is 1. The molecule has 1 N–H and O–H groups in total. The minimum absolute atomic E-state index is 0.0662. The molecule has 3 amide bonds. The highest BCUT2D eigenvalue weighted by Crippen LogP contribution is 2.21. The molecule has 2 saturated heterocycles. The van der Waals surface area contributed by atoms with Gasteiger partial charge in [-0.1, -0.05) is 31.5 Å². The standard InChI is InChI=1S/C21H32N4O2/c1-16-4-6-19(7-5-16)22-21(27)24-10-8-23(9-11-24)15-20(26)25-13-17(2)12-18(3)14-25/h4-7,17-18H,8-15H2,1-3H3,(H,22,27)/t17-,18-/m1/s1. The van der Waals surface area contributed by atoms with Crippen molar-refractivity contribution in [2.24, 2.45) is 11.8 Å². The predicted octanol–water partition coefficient (Wildman–Crippen LogP) is 2.65. The molecule has 2 atom stereocenters. The van der Waals surface area contributed by atoms with E-state index < -0.39 is 0 Å². The van der Waals surface area contributed by atoms with E-state index in [0.717, 1.165) is 31.9 Å². The van der Waals surface area contributed by atoms with Gasteiger partial charge in [0, 0.05) is 45.0 Å². The molecule has 0 unspecified atom stereocenters. The van der Waals surface area contributed by atoms with E-state index in [9.17, 15) is 9.59 Å². The van der Waals surface area contributed by atoms with Crippen LogP contribution in [-0.2, 0) is 4.79 Å². The van der Waals surface area contributed by atoms with E-state index in [1.807, 2.05) is 41.0 Å². The van der Waals surface area contributed by atoms with E-state index in [0.29, 0.717) is 31.5 Å². The third-order valence-electron chi connectivity index (χ3n) is 5.54. The smallest absolute Gasteiger partial charge is 0.321 e. The van der Waals surface area contributed by atoms with E-state index in [4.69, 9.17) is 0 Å². The first-order chi connectivity index (χ1) is 12.9. The number of hydrogen-bond donors (Lipinski definition) is 1. The zero-order valence-corrected chi connectivity index (χ0v) is 16.8. The Hall–Kier alpha value is -2.08. The number of nitrogens with zero attached hydrogens (tertiary/aromatic N) is 3. The van der Waals surface area contributed by atoms with Crippen LogP contribution in [0.25, 0.3) is 0 Å². The zero-order valence-electron chi connectivity index (χ0n) is 16.8. The Morgan fingerprint density at radius 3 is 2.15 bits per heavy atom. The Balaban J connectivity index is 1.43. The maximum atomic E-state index is 12.6. The summed E-state index contributed by atoms with van der Waals surface area (Å²) < 4.78 is 0. The van der Waals surface area contributed by atoms with Crippen LogP contribution in [0.3, 0.4) is 0 Å². The fraction of sp³-hybridized carbons (Fsp3) is 0.619. The zero-order chi connectivity index (χ0) is 19.4. The lowest BCUT2D eigenvalue weighted by Gasteiger charge is -2.38. The van der Waals surface area contributed by atoms with Gasteiger partial charge in [0.15, 0.2) is 0 Å². The Morgan fingerprint density at radius 1 is 0.963 bits per heavy atom. The van der Waals surface area contributed by atoms with E-state index >= 15 is 0 Å². The molecule has 0 saturated carbocycles. The molecule has 1 aromatic carbocycles. The highest BCUT2D eigenvalue weighted by atomic mass is 16.2. The highest BCUT2D eigenvalue weighted by molar-refractivity contribution is 5.89. The molecule has 0 aliphatic carbocycles. The Bertz CT molecular complexity index is 643. The number of urea groups is 1. The molecule has 0 bridgehead atoms. The van der Waals surface area contributed by atoms with Gasteiger partial charge in [-0.2, -0.15) is 0 Å². The van der Waals surface area contributed by atoms with Crippen molar-refractivity contribution in [3.8, 4) is 0 Å². The van der Waals surface area contributed by atoms with Crippen LogP contribution in [-0.4, -0.2) is 72.5 Å². The number of anilines is 1. The van der Waals surface area contributed by atoms with Gasteiger partial charge in [0.2, 0.25) is 5.91 Å². The number of benzene rings is 1. The summed E-state index contributed by atoms with van der Waals surface area (Å²) >= 11 is 0. The summed E-state index contributed by atoms with van der Waals surface area (Å²) in [6.07, 6.45) is 1.21. The Morgan fingerprint density at radius 2 is 1.56 bits per heavy atom. The number of piperazine rings is 1. The summed E-state index contributed by atoms with van der Waals surface area (Å²) in [6, 6.07) is 7.75. The molecule has 27 heavy (non-hydrogen) atoms. The Labute approximate surface area is 162 Å². The van der Waals surface area contributed by atoms with Crippen molar-refractivity contribution in [2.45, 2.75) is 27.2 Å². The molecular weight excluding hydrogens is 340 g/mol. The first kappa shape index (κ1) is 19.7. The predicted molar refractivity (Wildman–Crippen MR) is 108 cm³/mol. The molecule has 0 aromatic heterocycles. The van der Waals surface area contributed by atoms with E-state index in [1.54, 1.807) is 0 Å². The number of carbonyl (C=O) groups is 2. The maximum absolute atomic E-state index is 12.6. The van der Waals surface area contributed by atoms with Crippen molar-refractivity contribution in [3.05, 3.63) is 29.8 Å². The molecule has 2 aliphatic heterocycles. The van der Waals surface area contributed by atoms with Crippen molar-refractivity contribution in [1.82, 2.24) is 14.7 Å². The molecule has 6 nitrogen and oxygen atoms in total. The summed E-state index contributed by atoms with van der Waals surface area (Å²) in [7, 11) is 0. The van der Waals surface area contributed by atoms with E-state index in [1.165, 1.54) is 12.0 Å². The largest absolute Gasteiger partial charge is 0.341 e. The molecule has 2 fully saturated rings. The third kappa shape index (κ3) is 5.45. The molecule has 0 radical (unpaired) electrons. The van der Waals surface area contributed by atoms with Gasteiger partial charge in [0.1, 0.15) is 0 Å². The first-order valence-electron chi connectivity index (χ1n) is 10.0. The van der Waals surface area contributed by atoms with Gasteiger partial charge < -0.3 is 15.1 Å². The minimum Gasteiger partial charge on any atom is -0.341 e. The quantitative estimate of drug-likeness (QED) is 0.887. The number of nitrogens with one attached hydrogen (secondary N) is 1. The van der Waals surface area contributed by atoms with E-state index in [-0.39, 0.29) is 11.9 Å². The summed E-state index contributed by atoms with van der Waals surface area (Å²) in [5, 5.41) is 2.95. The number of rotatable bonds is 3. The van der Waals surface area contributed by atoms with Crippen molar-refractivity contribution < 1.29 is 9.59 Å². The minimum atomic E-state index is -0.0662. The molecule has 2 aliphatic rings. The summed E-state index contributed by atoms with van der Waals surface area (Å²) in [5.74, 6) is 1.39. The van der Waals surface area contributed by atoms with Crippen LogP contribution in [0.4, 0.5) is 10.5 Å². The second-order valence-electron chi connectivity index (χ2n) is 8.30. The van der Waals surface area contributed by atoms with Crippen LogP contribution in [0, 0.1) is 18.8 Å². The van der Waals surface area contributed by atoms with Crippen LogP contribution in [0.5, 0.6) is 0 Å². The van der Waals surface area contributed by atoms with Gasteiger partial charge in [-0.25, -0.2) is 4.79 Å². The third-order valence-corrected chi connectivity index (χ3v) is 5.54. The maximum Gasteiger partial charge on any atom is 0.321 e. The number of amides is 3. The van der Waals surface area contributed by atoms with Gasteiger partial charge in [-0.3, -0.25) is 9.69 Å². The van der Waals surface area contributed by atoms with Crippen LogP contribution < -0.4 is 5.32 Å². The van der Waals surface area contributed by atoms with Gasteiger partial charge >= 0.3 is 6.03 Å². The van der Waals surface area contributed by atoms with Crippen LogP contribution in [0.1, 0.15) is 25.8 Å². The van der Waals surface area contributed by atoms with Crippen molar-refractivity contribution >= 4 is 17.6 Å². The second-order valence-corrected chi connectivity index (χ2v) is 8.30. The van der Waals surface area contributed by atoms with Crippen LogP contribution in [0.2, 0.25) is 0 Å². The lowest BCUT2D eigenvalue weighted by atomic mass is 9.92. The summed E-state index contributed by atoms with van der Waals surface area (Å²) in [5.41, 5.74) is 1.99. The number of likely N-dealkylation sites (tertiary alicyclic amines) is 1. The van der Waals surface area contributed by atoms with Gasteiger partial charge in [-0.05, 0) is 37.3 Å². The number of hydrogen-bond acceptors (Lipinski definition) is 3. The monoisotopic (exact) mass is 372 g/mol. The average molecular weight is 373 g/mol. The molecular formula is C21H32N4O2. The van der Waals surface area contributed by atoms with Gasteiger partial charge in [0.05, 0.1) is 6.54 Å². The lowest BCUT2D eigenvalue weighted by molar-refractivity contribution is -0.135. The topological polar surface area (TPSA) is 55.9 Å². The first-order valence-corrected chi connectivity index (χ1v) is 10.0. The van der Waals surface area contributed by atoms with Gasteiger partial charge in [-0.15, -0.1) is 0 Å². The number of carbonyl (C=O) groups excluding carboxylic acids is 2. The average Bonchev–Trinajstić information content (AvgIpc) is 2.63. The SMILES string of the molecule is Cc1ccc(NC(=O)N2CCN(CC(=O)N3C[C@H](C)C[C@@H](C)C3)CC2)cc1. The lowest BCUT2D eigenvalue weighted by Crippen LogP contribution is -2.53. The van der Waals surface area contributed by atoms with Gasteiger partial charge in [0.25, 0.3) is 0 Å². The second kappa shape index (κ2) is 8.74. The molecule has 3 rings (SSSR count). The fourth-order valence-electron chi connectivity index (χ4n) is 4.11. The van der Waals surface area contributed by atoms with Crippen molar-refractivity contribution in [3.63, 3.8) is 0 Å². The molecule has 6 heteroatoms. The van der Waals surface area contributed by atoms with Crippen LogP contribution >= 0.6 is 0 Å². The normalized spacial score (nSPS) is 24.0. The number of aryl methyl sites for hydroxylation is 1. The molecule has 2 heterocycles. The Kier molecular flexibility index (Phi) is 6.37. The summed E-state index contributed by atoms with van der Waals surface area (Å²) in [4.78, 5) is 31.1. The highest BCUT2D eigenvalue weighted by Gasteiger charge is 2.28. The van der Waals surface area contributed by atoms with Crippen molar-refractivity contribution in [1.29, 1.82) is 0 Å².